The van der Waals surface area contributed by atoms with Crippen LogP contribution in [0, 0.1) is 17.0 Å². The highest BCUT2D eigenvalue weighted by Crippen LogP contribution is 2.23. The van der Waals surface area contributed by atoms with Gasteiger partial charge in [-0.25, -0.2) is 8.42 Å². The second kappa shape index (κ2) is 5.45. The lowest BCUT2D eigenvalue weighted by atomic mass is 10.2. The van der Waals surface area contributed by atoms with E-state index < -0.39 is 20.9 Å². The number of hydrogen-bond acceptors (Lipinski definition) is 5. The van der Waals surface area contributed by atoms with Crippen molar-refractivity contribution in [2.75, 3.05) is 12.9 Å². The molecule has 0 saturated carbocycles. The van der Waals surface area contributed by atoms with E-state index in [0.717, 1.165) is 6.07 Å². The molecular weight excluding hydrogens is 258 g/mol. The molecule has 100 valence electrons. The van der Waals surface area contributed by atoms with E-state index in [1.165, 1.54) is 19.2 Å². The zero-order valence-corrected chi connectivity index (χ0v) is 11.2. The summed E-state index contributed by atoms with van der Waals surface area (Å²) in [6.07, 6.45) is -0.463. The van der Waals surface area contributed by atoms with Gasteiger partial charge in [0, 0.05) is 18.7 Å². The minimum atomic E-state index is -3.57. The predicted octanol–water partition coefficient (Wildman–Crippen LogP) is 1.71. The molecule has 1 aromatic carbocycles. The molecule has 7 heteroatoms. The summed E-state index contributed by atoms with van der Waals surface area (Å²) in [5, 5.41) is 10.8. The lowest BCUT2D eigenvalue weighted by molar-refractivity contribution is -0.385. The Kier molecular flexibility index (Phi) is 4.42. The minimum Gasteiger partial charge on any atom is -0.381 e. The average molecular weight is 273 g/mol. The van der Waals surface area contributed by atoms with Crippen molar-refractivity contribution in [3.63, 3.8) is 0 Å². The maximum Gasteiger partial charge on any atom is 0.273 e. The van der Waals surface area contributed by atoms with Gasteiger partial charge in [-0.1, -0.05) is 6.07 Å². The average Bonchev–Trinajstić information content (AvgIpc) is 2.28. The van der Waals surface area contributed by atoms with Gasteiger partial charge in [0.05, 0.1) is 21.7 Å². The van der Waals surface area contributed by atoms with E-state index in [1.54, 1.807) is 13.8 Å². The summed E-state index contributed by atoms with van der Waals surface area (Å²) < 4.78 is 28.9. The molecule has 1 rings (SSSR count). The molecule has 1 unspecified atom stereocenters. The molecule has 0 N–H and O–H groups in total. The Hall–Kier alpha value is -1.47. The molecule has 18 heavy (non-hydrogen) atoms. The van der Waals surface area contributed by atoms with Gasteiger partial charge in [-0.2, -0.15) is 0 Å². The Balaban J connectivity index is 3.18. The van der Waals surface area contributed by atoms with Crippen molar-refractivity contribution in [3.8, 4) is 0 Å². The molecule has 6 nitrogen and oxygen atoms in total. The van der Waals surface area contributed by atoms with Crippen molar-refractivity contribution in [1.82, 2.24) is 0 Å². The summed E-state index contributed by atoms with van der Waals surface area (Å²) in [4.78, 5) is 10.1. The molecule has 0 bridgehead atoms. The summed E-state index contributed by atoms with van der Waals surface area (Å²) in [7, 11) is -2.16. The summed E-state index contributed by atoms with van der Waals surface area (Å²) in [5.41, 5.74) is 0.236. The molecule has 0 aromatic heterocycles. The summed E-state index contributed by atoms with van der Waals surface area (Å²) in [6, 6.07) is 3.90. The van der Waals surface area contributed by atoms with E-state index in [9.17, 15) is 18.5 Å². The zero-order valence-electron chi connectivity index (χ0n) is 10.4. The summed E-state index contributed by atoms with van der Waals surface area (Å²) in [5.74, 6) is -0.205. The van der Waals surface area contributed by atoms with Gasteiger partial charge < -0.3 is 4.74 Å². The Morgan fingerprint density at radius 3 is 2.56 bits per heavy atom. The van der Waals surface area contributed by atoms with Crippen LogP contribution in [-0.4, -0.2) is 32.3 Å². The quantitative estimate of drug-likeness (QED) is 0.602. The smallest absolute Gasteiger partial charge is 0.273 e. The van der Waals surface area contributed by atoms with Crippen LogP contribution in [0.1, 0.15) is 12.5 Å². The third kappa shape index (κ3) is 3.27. The summed E-state index contributed by atoms with van der Waals surface area (Å²) in [6.45, 7) is 3.19. The van der Waals surface area contributed by atoms with Crippen LogP contribution in [-0.2, 0) is 14.6 Å². The van der Waals surface area contributed by atoms with Crippen molar-refractivity contribution in [1.29, 1.82) is 0 Å². The van der Waals surface area contributed by atoms with Crippen LogP contribution < -0.4 is 0 Å². The van der Waals surface area contributed by atoms with Crippen LogP contribution in [0.15, 0.2) is 23.1 Å². The van der Waals surface area contributed by atoms with Crippen molar-refractivity contribution < 1.29 is 18.1 Å². The number of nitro groups is 1. The largest absolute Gasteiger partial charge is 0.381 e. The third-order valence-corrected chi connectivity index (χ3v) is 4.47. The first-order valence-electron chi connectivity index (χ1n) is 5.28. The van der Waals surface area contributed by atoms with Gasteiger partial charge in [0.1, 0.15) is 0 Å². The Labute approximate surface area is 106 Å². The second-order valence-electron chi connectivity index (χ2n) is 4.03. The molecule has 0 aliphatic carbocycles. The van der Waals surface area contributed by atoms with Gasteiger partial charge in [-0.05, 0) is 19.9 Å². The maximum atomic E-state index is 12.0. The fraction of sp³-hybridized carbons (Fsp3) is 0.455. The van der Waals surface area contributed by atoms with Gasteiger partial charge in [-0.3, -0.25) is 10.1 Å². The van der Waals surface area contributed by atoms with E-state index in [4.69, 9.17) is 4.74 Å². The van der Waals surface area contributed by atoms with E-state index in [-0.39, 0.29) is 16.3 Å². The van der Waals surface area contributed by atoms with Crippen molar-refractivity contribution in [3.05, 3.63) is 33.9 Å². The van der Waals surface area contributed by atoms with Gasteiger partial charge in [0.25, 0.3) is 5.69 Å². The van der Waals surface area contributed by atoms with Crippen LogP contribution in [0.5, 0.6) is 0 Å². The maximum absolute atomic E-state index is 12.0. The number of methoxy groups -OCH3 is 1. The molecule has 0 aliphatic heterocycles. The van der Waals surface area contributed by atoms with Gasteiger partial charge >= 0.3 is 0 Å². The molecule has 0 amide bonds. The Bertz CT molecular complexity index is 553. The highest BCUT2D eigenvalue weighted by Gasteiger charge is 2.22. The van der Waals surface area contributed by atoms with E-state index in [0.29, 0.717) is 5.56 Å². The van der Waals surface area contributed by atoms with Crippen molar-refractivity contribution >= 4 is 15.5 Å². The molecule has 0 aliphatic rings. The first-order chi connectivity index (χ1) is 8.27. The first kappa shape index (κ1) is 14.6. The number of nitrogens with zero attached hydrogens (tertiary/aromatic N) is 1. The second-order valence-corrected chi connectivity index (χ2v) is 6.07. The van der Waals surface area contributed by atoms with Crippen molar-refractivity contribution in [2.45, 2.75) is 24.8 Å². The normalized spacial score (nSPS) is 13.3. The molecule has 1 atom stereocenters. The van der Waals surface area contributed by atoms with Crippen LogP contribution in [0.25, 0.3) is 0 Å². The Morgan fingerprint density at radius 1 is 1.44 bits per heavy atom. The monoisotopic (exact) mass is 273 g/mol. The predicted molar refractivity (Wildman–Crippen MR) is 66.4 cm³/mol. The number of hydrogen-bond donors (Lipinski definition) is 0. The van der Waals surface area contributed by atoms with E-state index >= 15 is 0 Å². The van der Waals surface area contributed by atoms with Gasteiger partial charge in [0.15, 0.2) is 9.84 Å². The lowest BCUT2D eigenvalue weighted by Crippen LogP contribution is -2.20. The molecule has 0 fully saturated rings. The van der Waals surface area contributed by atoms with Crippen LogP contribution in [0.3, 0.4) is 0 Å². The highest BCUT2D eigenvalue weighted by atomic mass is 32.2. The lowest BCUT2D eigenvalue weighted by Gasteiger charge is -2.10. The fourth-order valence-corrected chi connectivity index (χ4v) is 2.97. The number of sulfone groups is 1. The number of rotatable bonds is 5. The number of ether oxygens (including phenoxy) is 1. The third-order valence-electron chi connectivity index (χ3n) is 2.59. The topological polar surface area (TPSA) is 86.5 Å². The minimum absolute atomic E-state index is 0.0521. The molecular formula is C11H15NO5S. The Morgan fingerprint density at radius 2 is 2.06 bits per heavy atom. The standard InChI is InChI=1S/C11H15NO5S/c1-8-4-5-10(6-11(8)12(13)14)18(15,16)7-9(2)17-3/h4-6,9H,7H2,1-3H3. The van der Waals surface area contributed by atoms with E-state index in [2.05, 4.69) is 0 Å². The van der Waals surface area contributed by atoms with E-state index in [1.807, 2.05) is 0 Å². The molecule has 0 spiro atoms. The number of nitro benzene ring substituents is 1. The van der Waals surface area contributed by atoms with Crippen LogP contribution in [0.2, 0.25) is 0 Å². The number of aryl methyl sites for hydroxylation is 1. The SMILES string of the molecule is COC(C)CS(=O)(=O)c1ccc(C)c([N+](=O)[O-])c1. The molecule has 0 saturated heterocycles. The first-order valence-corrected chi connectivity index (χ1v) is 6.93. The summed E-state index contributed by atoms with van der Waals surface area (Å²) >= 11 is 0. The fourth-order valence-electron chi connectivity index (χ4n) is 1.45. The molecule has 1 aromatic rings. The van der Waals surface area contributed by atoms with Gasteiger partial charge in [0.2, 0.25) is 0 Å². The molecule has 0 radical (unpaired) electrons. The number of benzene rings is 1. The zero-order chi connectivity index (χ0) is 13.9. The van der Waals surface area contributed by atoms with Gasteiger partial charge in [-0.15, -0.1) is 0 Å². The van der Waals surface area contributed by atoms with Crippen LogP contribution in [0.4, 0.5) is 5.69 Å². The molecule has 0 heterocycles. The highest BCUT2D eigenvalue weighted by molar-refractivity contribution is 7.91. The van der Waals surface area contributed by atoms with Crippen LogP contribution >= 0.6 is 0 Å². The van der Waals surface area contributed by atoms with Crippen molar-refractivity contribution in [2.24, 2.45) is 0 Å².